The van der Waals surface area contributed by atoms with Crippen molar-refractivity contribution < 1.29 is 9.47 Å². The molecule has 0 aliphatic carbocycles. The van der Waals surface area contributed by atoms with Gasteiger partial charge < -0.3 is 14.8 Å². The van der Waals surface area contributed by atoms with Crippen molar-refractivity contribution >= 4 is 0 Å². The van der Waals surface area contributed by atoms with Gasteiger partial charge in [-0.1, -0.05) is 26.0 Å². The van der Waals surface area contributed by atoms with Gasteiger partial charge in [0.1, 0.15) is 12.4 Å². The third-order valence-electron chi connectivity index (χ3n) is 3.49. The van der Waals surface area contributed by atoms with Gasteiger partial charge in [-0.3, -0.25) is 0 Å². The molecule has 1 unspecified atom stereocenters. The van der Waals surface area contributed by atoms with E-state index in [0.717, 1.165) is 31.9 Å². The third kappa shape index (κ3) is 5.51. The van der Waals surface area contributed by atoms with Crippen molar-refractivity contribution in [1.29, 1.82) is 0 Å². The quantitative estimate of drug-likeness (QED) is 0.829. The van der Waals surface area contributed by atoms with Crippen molar-refractivity contribution in [2.24, 2.45) is 5.92 Å². The summed E-state index contributed by atoms with van der Waals surface area (Å²) < 4.78 is 11.5. The Morgan fingerprint density at radius 1 is 1.35 bits per heavy atom. The van der Waals surface area contributed by atoms with Crippen LogP contribution in [0.5, 0.6) is 5.75 Å². The summed E-state index contributed by atoms with van der Waals surface area (Å²) in [5.74, 6) is 1.63. The summed E-state index contributed by atoms with van der Waals surface area (Å²) >= 11 is 0. The molecule has 0 bridgehead atoms. The summed E-state index contributed by atoms with van der Waals surface area (Å²) in [5, 5.41) is 3.45. The fourth-order valence-corrected chi connectivity index (χ4v) is 2.38. The van der Waals surface area contributed by atoms with Crippen LogP contribution in [-0.2, 0) is 11.3 Å². The van der Waals surface area contributed by atoms with Crippen LogP contribution in [0.4, 0.5) is 0 Å². The molecule has 0 saturated carbocycles. The Morgan fingerprint density at radius 2 is 2.25 bits per heavy atom. The first-order valence-electron chi connectivity index (χ1n) is 7.78. The fraction of sp³-hybridized carbons (Fsp3) is 0.647. The molecule has 0 amide bonds. The summed E-state index contributed by atoms with van der Waals surface area (Å²) in [5.41, 5.74) is 1.27. The SMILES string of the molecule is CC(C)CNCc1cccc(OCC2CCCCO2)c1. The Kier molecular flexibility index (Phi) is 6.34. The predicted octanol–water partition coefficient (Wildman–Crippen LogP) is 3.38. The van der Waals surface area contributed by atoms with Gasteiger partial charge in [-0.15, -0.1) is 0 Å². The number of hydrogen-bond donors (Lipinski definition) is 1. The van der Waals surface area contributed by atoms with Gasteiger partial charge >= 0.3 is 0 Å². The number of ether oxygens (including phenoxy) is 2. The third-order valence-corrected chi connectivity index (χ3v) is 3.49. The lowest BCUT2D eigenvalue weighted by molar-refractivity contribution is -0.0110. The van der Waals surface area contributed by atoms with Crippen LogP contribution in [0.3, 0.4) is 0 Å². The molecular weight excluding hydrogens is 250 g/mol. The van der Waals surface area contributed by atoms with Gasteiger partial charge in [-0.25, -0.2) is 0 Å². The zero-order valence-electron chi connectivity index (χ0n) is 12.7. The molecule has 1 aromatic carbocycles. The number of rotatable bonds is 7. The monoisotopic (exact) mass is 277 g/mol. The molecule has 3 heteroatoms. The summed E-state index contributed by atoms with van der Waals surface area (Å²) in [6.45, 7) is 7.93. The zero-order valence-corrected chi connectivity index (χ0v) is 12.7. The topological polar surface area (TPSA) is 30.5 Å². The molecule has 1 heterocycles. The molecular formula is C17H27NO2. The maximum atomic E-state index is 5.86. The summed E-state index contributed by atoms with van der Waals surface area (Å²) in [7, 11) is 0. The van der Waals surface area contributed by atoms with Gasteiger partial charge in [0.05, 0.1) is 6.10 Å². The van der Waals surface area contributed by atoms with Gasteiger partial charge in [0.25, 0.3) is 0 Å². The maximum absolute atomic E-state index is 5.86. The highest BCUT2D eigenvalue weighted by Gasteiger charge is 2.14. The highest BCUT2D eigenvalue weighted by molar-refractivity contribution is 5.28. The van der Waals surface area contributed by atoms with E-state index in [-0.39, 0.29) is 6.10 Å². The first-order valence-corrected chi connectivity index (χ1v) is 7.78. The minimum Gasteiger partial charge on any atom is -0.491 e. The molecule has 1 atom stereocenters. The Hall–Kier alpha value is -1.06. The molecule has 1 aliphatic rings. The smallest absolute Gasteiger partial charge is 0.119 e. The average Bonchev–Trinajstić information content (AvgIpc) is 2.46. The maximum Gasteiger partial charge on any atom is 0.119 e. The van der Waals surface area contributed by atoms with E-state index in [9.17, 15) is 0 Å². The van der Waals surface area contributed by atoms with Crippen LogP contribution in [0.2, 0.25) is 0 Å². The number of benzene rings is 1. The predicted molar refractivity (Wildman–Crippen MR) is 82.1 cm³/mol. The molecule has 1 saturated heterocycles. The van der Waals surface area contributed by atoms with Gasteiger partial charge in [0.2, 0.25) is 0 Å². The fourth-order valence-electron chi connectivity index (χ4n) is 2.38. The van der Waals surface area contributed by atoms with E-state index in [2.05, 4.69) is 37.4 Å². The second kappa shape index (κ2) is 8.28. The minimum absolute atomic E-state index is 0.270. The summed E-state index contributed by atoms with van der Waals surface area (Å²) in [4.78, 5) is 0. The van der Waals surface area contributed by atoms with Crippen molar-refractivity contribution in [3.8, 4) is 5.75 Å². The molecule has 0 radical (unpaired) electrons. The average molecular weight is 277 g/mol. The van der Waals surface area contributed by atoms with Gasteiger partial charge in [-0.05, 0) is 49.4 Å². The van der Waals surface area contributed by atoms with Crippen LogP contribution in [0.25, 0.3) is 0 Å². The van der Waals surface area contributed by atoms with E-state index in [1.165, 1.54) is 18.4 Å². The second-order valence-electron chi connectivity index (χ2n) is 5.97. The first-order chi connectivity index (χ1) is 9.74. The Morgan fingerprint density at radius 3 is 3.00 bits per heavy atom. The van der Waals surface area contributed by atoms with Gasteiger partial charge in [0, 0.05) is 13.2 Å². The molecule has 0 aromatic heterocycles. The highest BCUT2D eigenvalue weighted by atomic mass is 16.5. The van der Waals surface area contributed by atoms with Crippen LogP contribution in [0, 0.1) is 5.92 Å². The number of nitrogens with one attached hydrogen (secondary N) is 1. The lowest BCUT2D eigenvalue weighted by Crippen LogP contribution is -2.25. The van der Waals surface area contributed by atoms with Gasteiger partial charge in [0.15, 0.2) is 0 Å². The lowest BCUT2D eigenvalue weighted by Gasteiger charge is -2.22. The zero-order chi connectivity index (χ0) is 14.2. The van der Waals surface area contributed by atoms with Crippen molar-refractivity contribution in [1.82, 2.24) is 5.32 Å². The molecule has 1 aromatic rings. The first kappa shape index (κ1) is 15.3. The largest absolute Gasteiger partial charge is 0.491 e. The molecule has 0 spiro atoms. The Balaban J connectivity index is 1.76. The van der Waals surface area contributed by atoms with Crippen molar-refractivity contribution in [2.75, 3.05) is 19.8 Å². The van der Waals surface area contributed by atoms with E-state index in [1.807, 2.05) is 6.07 Å². The number of hydrogen-bond acceptors (Lipinski definition) is 3. The van der Waals surface area contributed by atoms with Crippen LogP contribution in [0.1, 0.15) is 38.7 Å². The van der Waals surface area contributed by atoms with E-state index < -0.39 is 0 Å². The molecule has 1 fully saturated rings. The Labute approximate surface area is 122 Å². The Bertz CT molecular complexity index is 386. The lowest BCUT2D eigenvalue weighted by atomic mass is 10.1. The van der Waals surface area contributed by atoms with Crippen molar-refractivity contribution in [3.05, 3.63) is 29.8 Å². The molecule has 20 heavy (non-hydrogen) atoms. The second-order valence-corrected chi connectivity index (χ2v) is 5.97. The van der Waals surface area contributed by atoms with Crippen LogP contribution in [-0.4, -0.2) is 25.9 Å². The molecule has 112 valence electrons. The minimum atomic E-state index is 0.270. The van der Waals surface area contributed by atoms with Crippen LogP contribution < -0.4 is 10.1 Å². The summed E-state index contributed by atoms with van der Waals surface area (Å²) in [6, 6.07) is 8.34. The summed E-state index contributed by atoms with van der Waals surface area (Å²) in [6.07, 6.45) is 3.84. The highest BCUT2D eigenvalue weighted by Crippen LogP contribution is 2.17. The molecule has 3 nitrogen and oxygen atoms in total. The molecule has 2 rings (SSSR count). The van der Waals surface area contributed by atoms with E-state index >= 15 is 0 Å². The van der Waals surface area contributed by atoms with E-state index in [4.69, 9.17) is 9.47 Å². The van der Waals surface area contributed by atoms with Crippen LogP contribution >= 0.6 is 0 Å². The van der Waals surface area contributed by atoms with Crippen LogP contribution in [0.15, 0.2) is 24.3 Å². The molecule has 1 N–H and O–H groups in total. The standard InChI is InChI=1S/C17H27NO2/c1-14(2)11-18-12-15-6-5-8-16(10-15)20-13-17-7-3-4-9-19-17/h5-6,8,10,14,17-18H,3-4,7,9,11-13H2,1-2H3. The van der Waals surface area contributed by atoms with Crippen molar-refractivity contribution in [2.45, 2.75) is 45.8 Å². The molecule has 1 aliphatic heterocycles. The van der Waals surface area contributed by atoms with E-state index in [0.29, 0.717) is 12.5 Å². The normalized spacial score (nSPS) is 19.2. The van der Waals surface area contributed by atoms with Gasteiger partial charge in [-0.2, -0.15) is 0 Å². The van der Waals surface area contributed by atoms with E-state index in [1.54, 1.807) is 0 Å². The van der Waals surface area contributed by atoms with Crippen molar-refractivity contribution in [3.63, 3.8) is 0 Å².